The number of hydrogen-bond acceptors (Lipinski definition) is 5. The predicted octanol–water partition coefficient (Wildman–Crippen LogP) is 2.16. The molecule has 0 atom stereocenters. The summed E-state index contributed by atoms with van der Waals surface area (Å²) >= 11 is 0. The van der Waals surface area contributed by atoms with Crippen molar-refractivity contribution in [3.05, 3.63) is 37.1 Å². The first-order valence-electron chi connectivity index (χ1n) is 5.41. The second kappa shape index (κ2) is 3.36. The highest BCUT2D eigenvalue weighted by atomic mass is 16.3. The largest absolute Gasteiger partial charge is 0.460 e. The molecule has 4 rings (SSSR count). The fourth-order valence-corrected chi connectivity index (χ4v) is 2.02. The van der Waals surface area contributed by atoms with Gasteiger partial charge in [0.05, 0.1) is 18.0 Å². The molecule has 86 valence electrons. The van der Waals surface area contributed by atoms with Gasteiger partial charge in [0.2, 0.25) is 0 Å². The quantitative estimate of drug-likeness (QED) is 0.548. The van der Waals surface area contributed by atoms with Crippen molar-refractivity contribution in [2.24, 2.45) is 0 Å². The van der Waals surface area contributed by atoms with Crippen molar-refractivity contribution >= 4 is 22.0 Å². The van der Waals surface area contributed by atoms with Gasteiger partial charge in [0, 0.05) is 17.6 Å². The van der Waals surface area contributed by atoms with Gasteiger partial charge in [0.1, 0.15) is 23.2 Å². The van der Waals surface area contributed by atoms with Crippen molar-refractivity contribution < 1.29 is 4.42 Å². The van der Waals surface area contributed by atoms with E-state index in [0.29, 0.717) is 17.0 Å². The van der Waals surface area contributed by atoms with Gasteiger partial charge < -0.3 is 9.40 Å². The molecule has 0 saturated heterocycles. The molecule has 0 fully saturated rings. The van der Waals surface area contributed by atoms with Crippen molar-refractivity contribution in [3.8, 4) is 11.4 Å². The second-order valence-corrected chi connectivity index (χ2v) is 3.86. The number of fused-ring (bicyclic) bond motifs is 2. The van der Waals surface area contributed by atoms with E-state index in [0.717, 1.165) is 16.4 Å². The average molecular weight is 237 g/mol. The van der Waals surface area contributed by atoms with E-state index >= 15 is 0 Å². The zero-order valence-electron chi connectivity index (χ0n) is 9.16. The smallest absolute Gasteiger partial charge is 0.180 e. The van der Waals surface area contributed by atoms with Crippen molar-refractivity contribution in [2.45, 2.75) is 0 Å². The summed E-state index contributed by atoms with van der Waals surface area (Å²) in [6.45, 7) is 0. The van der Waals surface area contributed by atoms with E-state index < -0.39 is 0 Å². The molecule has 1 N–H and O–H groups in total. The molecular formula is C12H7N5O. The maximum atomic E-state index is 5.42. The number of aromatic amines is 1. The molecule has 4 aromatic rings. The Bertz CT molecular complexity index is 776. The van der Waals surface area contributed by atoms with Crippen LogP contribution < -0.4 is 0 Å². The molecule has 4 heterocycles. The number of furan rings is 1. The monoisotopic (exact) mass is 237 g/mol. The lowest BCUT2D eigenvalue weighted by atomic mass is 10.2. The van der Waals surface area contributed by atoms with E-state index in [1.165, 1.54) is 6.33 Å². The molecule has 0 aliphatic rings. The minimum absolute atomic E-state index is 0.619. The molecule has 0 bridgehead atoms. The van der Waals surface area contributed by atoms with Crippen LogP contribution in [0.1, 0.15) is 0 Å². The average Bonchev–Trinajstić information content (AvgIpc) is 3.06. The summed E-state index contributed by atoms with van der Waals surface area (Å²) in [5.74, 6) is 0. The Hall–Kier alpha value is -2.76. The molecule has 6 nitrogen and oxygen atoms in total. The summed E-state index contributed by atoms with van der Waals surface area (Å²) in [6, 6.07) is 3.73. The molecular weight excluding hydrogens is 230 g/mol. The van der Waals surface area contributed by atoms with Crippen molar-refractivity contribution in [1.29, 1.82) is 0 Å². The highest BCUT2D eigenvalue weighted by Gasteiger charge is 2.14. The summed E-state index contributed by atoms with van der Waals surface area (Å²) in [6.07, 6.45) is 6.63. The number of rotatable bonds is 1. The van der Waals surface area contributed by atoms with Gasteiger partial charge in [-0.2, -0.15) is 5.10 Å². The molecule has 0 aliphatic carbocycles. The lowest BCUT2D eigenvalue weighted by Crippen LogP contribution is -1.93. The Balaban J connectivity index is 2.13. The van der Waals surface area contributed by atoms with Gasteiger partial charge in [0.15, 0.2) is 5.58 Å². The first-order valence-corrected chi connectivity index (χ1v) is 5.41. The fraction of sp³-hybridized carbons (Fsp3) is 0. The van der Waals surface area contributed by atoms with Crippen LogP contribution in [0.25, 0.3) is 33.4 Å². The lowest BCUT2D eigenvalue weighted by molar-refractivity contribution is 0.614. The van der Waals surface area contributed by atoms with Crippen LogP contribution in [0.3, 0.4) is 0 Å². The van der Waals surface area contributed by atoms with Gasteiger partial charge in [0.25, 0.3) is 0 Å². The molecule has 0 saturated carbocycles. The molecule has 4 aromatic heterocycles. The van der Waals surface area contributed by atoms with Gasteiger partial charge in [-0.15, -0.1) is 5.10 Å². The van der Waals surface area contributed by atoms with Crippen LogP contribution >= 0.6 is 0 Å². The number of hydrogen-bond donors (Lipinski definition) is 1. The van der Waals surface area contributed by atoms with Crippen LogP contribution in [0.4, 0.5) is 0 Å². The Morgan fingerprint density at radius 3 is 3.11 bits per heavy atom. The highest BCUT2D eigenvalue weighted by molar-refractivity contribution is 5.96. The standard InChI is InChI=1S/C12H7N5O/c1-3-13-9-7(1)5-16-17-10(9)11-12-8(2-4-18-12)14-6-15-11/h1-6,13H. The van der Waals surface area contributed by atoms with E-state index in [-0.39, 0.29) is 0 Å². The summed E-state index contributed by atoms with van der Waals surface area (Å²) in [7, 11) is 0. The van der Waals surface area contributed by atoms with E-state index in [1.807, 2.05) is 12.3 Å². The summed E-state index contributed by atoms with van der Waals surface area (Å²) in [5, 5.41) is 9.11. The van der Waals surface area contributed by atoms with E-state index in [9.17, 15) is 0 Å². The Morgan fingerprint density at radius 2 is 2.11 bits per heavy atom. The first kappa shape index (κ1) is 9.29. The van der Waals surface area contributed by atoms with Crippen LogP contribution in [0, 0.1) is 0 Å². The Morgan fingerprint density at radius 1 is 1.11 bits per heavy atom. The van der Waals surface area contributed by atoms with Crippen molar-refractivity contribution in [1.82, 2.24) is 25.1 Å². The minimum atomic E-state index is 0.619. The Kier molecular flexibility index (Phi) is 1.74. The molecule has 18 heavy (non-hydrogen) atoms. The van der Waals surface area contributed by atoms with Gasteiger partial charge in [-0.3, -0.25) is 0 Å². The first-order chi connectivity index (χ1) is 8.93. The van der Waals surface area contributed by atoms with Gasteiger partial charge >= 0.3 is 0 Å². The third kappa shape index (κ3) is 1.17. The molecule has 0 aromatic carbocycles. The van der Waals surface area contributed by atoms with Crippen molar-refractivity contribution in [3.63, 3.8) is 0 Å². The molecule has 0 amide bonds. The third-order valence-electron chi connectivity index (χ3n) is 2.84. The zero-order valence-corrected chi connectivity index (χ0v) is 9.16. The maximum Gasteiger partial charge on any atom is 0.180 e. The molecule has 0 unspecified atom stereocenters. The third-order valence-corrected chi connectivity index (χ3v) is 2.84. The molecule has 0 radical (unpaired) electrons. The number of H-pyrrole nitrogens is 1. The summed E-state index contributed by atoms with van der Waals surface area (Å²) in [4.78, 5) is 11.5. The molecule has 6 heteroatoms. The zero-order chi connectivity index (χ0) is 11.9. The molecule has 0 aliphatic heterocycles. The van der Waals surface area contributed by atoms with Gasteiger partial charge in [-0.25, -0.2) is 9.97 Å². The molecule has 0 spiro atoms. The summed E-state index contributed by atoms with van der Waals surface area (Å²) < 4.78 is 5.42. The van der Waals surface area contributed by atoms with Crippen LogP contribution in [-0.2, 0) is 0 Å². The van der Waals surface area contributed by atoms with Crippen LogP contribution in [0.15, 0.2) is 41.5 Å². The van der Waals surface area contributed by atoms with Gasteiger partial charge in [-0.1, -0.05) is 0 Å². The highest BCUT2D eigenvalue weighted by Crippen LogP contribution is 2.28. The van der Waals surface area contributed by atoms with Crippen LogP contribution in [-0.4, -0.2) is 25.1 Å². The number of aromatic nitrogens is 5. The van der Waals surface area contributed by atoms with E-state index in [4.69, 9.17) is 4.42 Å². The topological polar surface area (TPSA) is 80.5 Å². The summed E-state index contributed by atoms with van der Waals surface area (Å²) in [5.41, 5.74) is 3.58. The van der Waals surface area contributed by atoms with Gasteiger partial charge in [-0.05, 0) is 6.07 Å². The van der Waals surface area contributed by atoms with Crippen LogP contribution in [0.2, 0.25) is 0 Å². The normalized spacial score (nSPS) is 11.3. The minimum Gasteiger partial charge on any atom is -0.460 e. The maximum absolute atomic E-state index is 5.42. The SMILES string of the molecule is c1nc(-c2nncc3cc[nH]c23)c2occc2n1. The number of nitrogens with zero attached hydrogens (tertiary/aromatic N) is 4. The predicted molar refractivity (Wildman–Crippen MR) is 64.7 cm³/mol. The fourth-order valence-electron chi connectivity index (χ4n) is 2.02. The lowest BCUT2D eigenvalue weighted by Gasteiger charge is -2.00. The van der Waals surface area contributed by atoms with Crippen LogP contribution in [0.5, 0.6) is 0 Å². The Labute approximate surface area is 101 Å². The van der Waals surface area contributed by atoms with E-state index in [1.54, 1.807) is 18.5 Å². The van der Waals surface area contributed by atoms with E-state index in [2.05, 4.69) is 25.1 Å². The second-order valence-electron chi connectivity index (χ2n) is 3.86. The van der Waals surface area contributed by atoms with Crippen molar-refractivity contribution in [2.75, 3.05) is 0 Å². The number of nitrogens with one attached hydrogen (secondary N) is 1.